The van der Waals surface area contributed by atoms with Gasteiger partial charge in [0, 0.05) is 93.8 Å². The van der Waals surface area contributed by atoms with Crippen molar-refractivity contribution in [2.45, 2.75) is 313 Å². The van der Waals surface area contributed by atoms with Crippen LogP contribution in [0.4, 0.5) is 17.1 Å². The number of carbonyl (C=O) groups excluding carboxylic acids is 10. The number of azo groups is 1. The summed E-state index contributed by atoms with van der Waals surface area (Å²) in [6, 6.07) is 33.5. The predicted octanol–water partition coefficient (Wildman–Crippen LogP) is 34.3. The fourth-order valence-corrected chi connectivity index (χ4v) is 21.7. The third kappa shape index (κ3) is 24.0. The fraction of sp³-hybridized carbons (Fsp3) is 0.444. The van der Waals surface area contributed by atoms with Gasteiger partial charge in [0.05, 0.1) is 23.3 Å². The number of benzene rings is 6. The fourth-order valence-electron chi connectivity index (χ4n) is 21.6. The van der Waals surface area contributed by atoms with Crippen molar-refractivity contribution in [3.05, 3.63) is 338 Å². The van der Waals surface area contributed by atoms with Gasteiger partial charge in [-0.3, -0.25) is 47.9 Å². The van der Waals surface area contributed by atoms with E-state index in [4.69, 9.17) is 11.6 Å². The molecule has 0 bridgehead atoms. The predicted molar refractivity (Wildman–Crippen MR) is 610 cm³/mol. The van der Waals surface area contributed by atoms with Gasteiger partial charge in [0.1, 0.15) is 0 Å². The molecule has 6 aromatic carbocycles. The second kappa shape index (κ2) is 43.1. The van der Waals surface area contributed by atoms with Gasteiger partial charge in [-0.25, -0.2) is 9.80 Å². The van der Waals surface area contributed by atoms with Crippen molar-refractivity contribution in [2.24, 2.45) is 82.1 Å². The van der Waals surface area contributed by atoms with Crippen molar-refractivity contribution in [3.63, 3.8) is 0 Å². The second-order valence-electron chi connectivity index (χ2n) is 51.5. The minimum Gasteiger partial charge on any atom is -0.289 e. The highest BCUT2D eigenvalue weighted by Crippen LogP contribution is 2.56. The van der Waals surface area contributed by atoms with Gasteiger partial charge in [-0.15, -0.1) is 0 Å². The molecule has 2 fully saturated rings. The van der Waals surface area contributed by atoms with Crippen molar-refractivity contribution in [3.8, 4) is 0 Å². The van der Waals surface area contributed by atoms with Crippen LogP contribution in [0.2, 0.25) is 5.02 Å². The Morgan fingerprint density at radius 3 is 1.02 bits per heavy atom. The minimum atomic E-state index is -0.454. The number of para-hydroxylation sites is 2. The normalized spacial score (nSPS) is 19.8. The van der Waals surface area contributed by atoms with Crippen LogP contribution in [0.3, 0.4) is 0 Å². The number of amides is 4. The molecular formula is C133H161ClN4O10. The summed E-state index contributed by atoms with van der Waals surface area (Å²) in [4.78, 5) is 136. The first-order chi connectivity index (χ1) is 68.5. The monoisotopic (exact) mass is 2010 g/mol. The zero-order valence-electron chi connectivity index (χ0n) is 95.4. The third-order valence-corrected chi connectivity index (χ3v) is 31.6. The molecule has 0 aromatic heterocycles. The van der Waals surface area contributed by atoms with E-state index < -0.39 is 23.6 Å². The van der Waals surface area contributed by atoms with Crippen molar-refractivity contribution in [2.75, 3.05) is 9.80 Å². The van der Waals surface area contributed by atoms with Crippen LogP contribution in [-0.2, 0) is 36.8 Å². The molecule has 4 amide bonds. The van der Waals surface area contributed by atoms with Crippen LogP contribution in [-0.4, -0.2) is 58.3 Å². The number of carbonyl (C=O) groups is 10. The first-order valence-corrected chi connectivity index (χ1v) is 53.8. The van der Waals surface area contributed by atoms with Gasteiger partial charge in [0.2, 0.25) is 0 Å². The quantitative estimate of drug-likeness (QED) is 0.0938. The Morgan fingerprint density at radius 1 is 0.345 bits per heavy atom. The molecule has 14 nitrogen and oxygen atoms in total. The van der Waals surface area contributed by atoms with Crippen LogP contribution >= 0.6 is 11.6 Å². The summed E-state index contributed by atoms with van der Waals surface area (Å²) in [5, 5.41) is 9.77. The summed E-state index contributed by atoms with van der Waals surface area (Å²) in [7, 11) is 0. The van der Waals surface area contributed by atoms with E-state index in [9.17, 15) is 47.9 Å². The molecule has 3 atom stereocenters. The molecule has 8 aliphatic carbocycles. The summed E-state index contributed by atoms with van der Waals surface area (Å²) >= 11 is 5.87. The number of allylic oxidation sites excluding steroid dienone is 29. The van der Waals surface area contributed by atoms with Gasteiger partial charge < -0.3 is 0 Å². The van der Waals surface area contributed by atoms with Gasteiger partial charge in [-0.1, -0.05) is 319 Å². The first kappa shape index (κ1) is 115. The Kier molecular flexibility index (Phi) is 33.3. The Balaban J connectivity index is 0.000000166. The molecular weight excluding hydrogens is 1850 g/mol. The van der Waals surface area contributed by atoms with E-state index in [1.165, 1.54) is 65.9 Å². The van der Waals surface area contributed by atoms with Crippen molar-refractivity contribution < 1.29 is 47.9 Å². The second-order valence-corrected chi connectivity index (χ2v) is 51.9. The number of nitrogens with zero attached hydrogens (tertiary/aromatic N) is 4. The zero-order valence-corrected chi connectivity index (χ0v) is 96.1. The van der Waals surface area contributed by atoms with E-state index in [0.29, 0.717) is 73.6 Å². The lowest BCUT2D eigenvalue weighted by atomic mass is 9.57. The molecule has 10 aliphatic rings. The molecule has 2 saturated carbocycles. The van der Waals surface area contributed by atoms with Crippen molar-refractivity contribution >= 4 is 103 Å². The highest BCUT2D eigenvalue weighted by atomic mass is 35.5. The Bertz CT molecular complexity index is 6610. The number of fused-ring (bicyclic) bond motifs is 2. The highest BCUT2D eigenvalue weighted by Gasteiger charge is 2.48. The SMILES string of the molecule is CC(C)(C)C1=CC(=C2C=C(C(C)(C)C)C(=O)C(C(C)(C)C)=C2)C=C(C(C)(C)C)C1=O.CC(C)(C)C1=CC(=CN=Nc2ccc(Cl)cc2)C=C(C(C)(C)C)C1=O.CC1=CC(=C2C=C(C(C)(C)C)C(=O)C(C(C)(C)C)=C2)C=C(C)C1=O.CCC(C)(C)C1=C/C(=C2/CC(C(C)(C)CC)CC3CCCCC23)c2ccccc2C1=O.CCc1cccc(C)c1N1C(=O)c2ccc3c4c(ccc(c24)C1=O)C(=O)N(c1c(C)cccc1CC)C3=O. The lowest BCUT2D eigenvalue weighted by molar-refractivity contribution is -0.114. The lowest BCUT2D eigenvalue weighted by Gasteiger charge is -2.47. The van der Waals surface area contributed by atoms with E-state index in [1.54, 1.807) is 48.2 Å². The molecule has 0 N–H and O–H groups in total. The number of aryl methyl sites for hydroxylation is 4. The number of halogens is 1. The van der Waals surface area contributed by atoms with Gasteiger partial charge in [-0.2, -0.15) is 10.2 Å². The molecule has 6 aromatic rings. The number of hydrogen-bond donors (Lipinski definition) is 0. The van der Waals surface area contributed by atoms with Crippen molar-refractivity contribution in [1.82, 2.24) is 0 Å². The molecule has 780 valence electrons. The smallest absolute Gasteiger partial charge is 0.266 e. The van der Waals surface area contributed by atoms with E-state index in [-0.39, 0.29) is 83.4 Å². The number of ketones is 6. The molecule has 0 spiro atoms. The van der Waals surface area contributed by atoms with E-state index >= 15 is 0 Å². The molecule has 148 heavy (non-hydrogen) atoms. The summed E-state index contributed by atoms with van der Waals surface area (Å²) in [6.07, 6.45) is 35.4. The summed E-state index contributed by atoms with van der Waals surface area (Å²) in [5.74, 6) is 1.29. The maximum Gasteiger partial charge on any atom is 0.266 e. The Hall–Kier alpha value is -12.1. The molecule has 16 rings (SSSR count). The molecule has 2 heterocycles. The number of rotatable bonds is 10. The molecule has 15 heteroatoms. The highest BCUT2D eigenvalue weighted by molar-refractivity contribution is 6.43. The van der Waals surface area contributed by atoms with Crippen LogP contribution in [0.1, 0.15) is 366 Å². The topological polar surface area (TPSA) is 202 Å². The zero-order chi connectivity index (χ0) is 110. The minimum absolute atomic E-state index is 0.0892. The first-order valence-electron chi connectivity index (χ1n) is 53.4. The Labute approximate surface area is 888 Å². The van der Waals surface area contributed by atoms with E-state index in [2.05, 4.69) is 242 Å². The standard InChI is InChI=1S/C32H26N2O4.C30H42O.C28H40O2.C22H28O2.C21H25ClN2O/c1-5-19-11-7-9-17(3)27(19)33-29(35)21-13-15-23-26-24(16-14-22(25(21)26)30(33)36)32(38)34(31(23)37)28-18(4)10-8-12-20(28)6-2;1-7-29(3,4)21-17-20-13-9-10-14-22(20)25(18-21)26-19-27(30(5,6)8-2)28(31)24-16-12-11-15-23(24)26;1-25(2,3)19-13-17(14-20(23(19)29)26(4,5)6)18-15-21(27(7,8)9)24(30)22(16-18)28(10,11)12;1-13-9-15(10-14(2)19(13)23)16-11-17(21(3,4)5)20(24)18(12-16)22(6,7)8;1-20(2,3)17-11-14(12-18(19(17)25)21(4,5)6)13-23-24-16-9-7-15(22)8-10-16/h7-16H,5-6H2,1-4H3;11-12,15-16,19-22H,7-10,13-14,17-18H2,1-6H3;13-16H,1-12H3;9-12H,1-8H3;7-13H,1-6H3/b;26-25+;;;. The molecule has 3 unspecified atom stereocenters. The lowest BCUT2D eigenvalue weighted by Crippen LogP contribution is -2.44. The van der Waals surface area contributed by atoms with Gasteiger partial charge in [0.15, 0.2) is 34.7 Å². The van der Waals surface area contributed by atoms with Gasteiger partial charge in [0.25, 0.3) is 23.6 Å². The van der Waals surface area contributed by atoms with E-state index in [1.807, 2.05) is 157 Å². The van der Waals surface area contributed by atoms with Crippen LogP contribution in [0.15, 0.2) is 287 Å². The third-order valence-electron chi connectivity index (χ3n) is 31.3. The van der Waals surface area contributed by atoms with Crippen molar-refractivity contribution in [1.29, 1.82) is 0 Å². The van der Waals surface area contributed by atoms with Gasteiger partial charge >= 0.3 is 0 Å². The van der Waals surface area contributed by atoms with Crippen LogP contribution < -0.4 is 9.80 Å². The Morgan fingerprint density at radius 2 is 0.682 bits per heavy atom. The van der Waals surface area contributed by atoms with Crippen LogP contribution in [0.5, 0.6) is 0 Å². The number of hydrogen-bond acceptors (Lipinski definition) is 12. The van der Waals surface area contributed by atoms with Crippen LogP contribution in [0, 0.1) is 85.8 Å². The summed E-state index contributed by atoms with van der Waals surface area (Å²) in [6.45, 7) is 75.1. The molecule has 2 aliphatic heterocycles. The van der Waals surface area contributed by atoms with E-state index in [0.717, 1.165) is 141 Å². The number of Topliss-reactive ketones (excluding diaryl/α,β-unsaturated/α-hetero) is 6. The number of imide groups is 2. The average Bonchev–Trinajstić information content (AvgIpc) is 0.700. The molecule has 0 saturated heterocycles. The largest absolute Gasteiger partial charge is 0.289 e. The maximum absolute atomic E-state index is 13.9. The van der Waals surface area contributed by atoms with Gasteiger partial charge in [-0.05, 0) is 332 Å². The average molecular weight is 2010 g/mol. The number of anilines is 2. The summed E-state index contributed by atoms with van der Waals surface area (Å²) in [5.41, 5.74) is 24.1. The van der Waals surface area contributed by atoms with Crippen LogP contribution in [0.25, 0.3) is 16.3 Å². The maximum atomic E-state index is 13.9. The molecule has 0 radical (unpaired) electrons. The summed E-state index contributed by atoms with van der Waals surface area (Å²) < 4.78 is 0.